The number of rotatable bonds is 5. The summed E-state index contributed by atoms with van der Waals surface area (Å²) in [4.78, 5) is 23.8. The van der Waals surface area contributed by atoms with Gasteiger partial charge in [0.15, 0.2) is 0 Å². The number of carboxylic acid groups (broad SMARTS) is 1. The lowest BCUT2D eigenvalue weighted by atomic mass is 9.76. The number of hydrogen-bond acceptors (Lipinski definition) is 2. The van der Waals surface area contributed by atoms with E-state index in [1.165, 1.54) is 0 Å². The SMILES string of the molecule is CC1CCCC(NC(=O)NCC2(C(C)C)CC2)(C(=O)O)C1. The third kappa shape index (κ3) is 3.50. The highest BCUT2D eigenvalue weighted by atomic mass is 16.4. The van der Waals surface area contributed by atoms with Crippen LogP contribution in [0.5, 0.6) is 0 Å². The molecule has 5 nitrogen and oxygen atoms in total. The highest BCUT2D eigenvalue weighted by Gasteiger charge is 2.46. The largest absolute Gasteiger partial charge is 0.480 e. The molecule has 0 aromatic rings. The Labute approximate surface area is 126 Å². The van der Waals surface area contributed by atoms with Gasteiger partial charge in [0.25, 0.3) is 0 Å². The molecular weight excluding hydrogens is 268 g/mol. The van der Waals surface area contributed by atoms with Crippen molar-refractivity contribution in [3.05, 3.63) is 0 Å². The van der Waals surface area contributed by atoms with Gasteiger partial charge >= 0.3 is 12.0 Å². The zero-order valence-electron chi connectivity index (χ0n) is 13.4. The fraction of sp³-hybridized carbons (Fsp3) is 0.875. The number of carboxylic acids is 1. The summed E-state index contributed by atoms with van der Waals surface area (Å²) in [7, 11) is 0. The van der Waals surface area contributed by atoms with Gasteiger partial charge in [-0.05, 0) is 42.9 Å². The maximum absolute atomic E-state index is 12.1. The Bertz CT molecular complexity index is 418. The minimum absolute atomic E-state index is 0.230. The second-order valence-corrected chi connectivity index (χ2v) is 7.41. The summed E-state index contributed by atoms with van der Waals surface area (Å²) in [5, 5.41) is 15.2. The zero-order chi connectivity index (χ0) is 15.7. The first kappa shape index (κ1) is 16.1. The lowest BCUT2D eigenvalue weighted by Crippen LogP contribution is -2.59. The average Bonchev–Trinajstić information content (AvgIpc) is 3.17. The van der Waals surface area contributed by atoms with Gasteiger partial charge in [0.05, 0.1) is 0 Å². The molecule has 2 atom stereocenters. The average molecular weight is 296 g/mol. The Hall–Kier alpha value is -1.26. The van der Waals surface area contributed by atoms with Crippen LogP contribution in [0, 0.1) is 17.3 Å². The van der Waals surface area contributed by atoms with Crippen LogP contribution in [0.2, 0.25) is 0 Å². The van der Waals surface area contributed by atoms with Crippen molar-refractivity contribution in [3.8, 4) is 0 Å². The summed E-state index contributed by atoms with van der Waals surface area (Å²) in [5.41, 5.74) is -0.857. The van der Waals surface area contributed by atoms with Gasteiger partial charge in [-0.2, -0.15) is 0 Å². The summed E-state index contributed by atoms with van der Waals surface area (Å²) in [5.74, 6) is -0.0317. The summed E-state index contributed by atoms with van der Waals surface area (Å²) in [6.45, 7) is 7.04. The van der Waals surface area contributed by atoms with E-state index in [2.05, 4.69) is 24.5 Å². The number of carbonyl (C=O) groups is 2. The molecule has 3 N–H and O–H groups in total. The quantitative estimate of drug-likeness (QED) is 0.730. The lowest BCUT2D eigenvalue weighted by Gasteiger charge is -2.37. The van der Waals surface area contributed by atoms with Crippen LogP contribution in [0.1, 0.15) is 59.3 Å². The van der Waals surface area contributed by atoms with Crippen LogP contribution < -0.4 is 10.6 Å². The standard InChI is InChI=1S/C16H28N2O3/c1-11(2)15(7-8-15)10-17-14(21)18-16(13(19)20)6-4-5-12(3)9-16/h11-12H,4-10H2,1-3H3,(H,19,20)(H2,17,18,21). The van der Waals surface area contributed by atoms with Gasteiger partial charge in [-0.1, -0.05) is 33.6 Å². The van der Waals surface area contributed by atoms with Gasteiger partial charge in [0.2, 0.25) is 0 Å². The van der Waals surface area contributed by atoms with Crippen LogP contribution in [-0.4, -0.2) is 29.2 Å². The van der Waals surface area contributed by atoms with E-state index in [0.717, 1.165) is 25.7 Å². The fourth-order valence-corrected chi connectivity index (χ4v) is 3.55. The van der Waals surface area contributed by atoms with Crippen molar-refractivity contribution >= 4 is 12.0 Å². The van der Waals surface area contributed by atoms with Gasteiger partial charge in [-0.25, -0.2) is 9.59 Å². The van der Waals surface area contributed by atoms with E-state index in [1.54, 1.807) is 0 Å². The Morgan fingerprint density at radius 2 is 1.95 bits per heavy atom. The van der Waals surface area contributed by atoms with Crippen molar-refractivity contribution in [3.63, 3.8) is 0 Å². The van der Waals surface area contributed by atoms with E-state index in [-0.39, 0.29) is 11.4 Å². The molecule has 2 fully saturated rings. The van der Waals surface area contributed by atoms with E-state index in [9.17, 15) is 14.7 Å². The summed E-state index contributed by atoms with van der Waals surface area (Å²) < 4.78 is 0. The minimum atomic E-state index is -1.09. The first-order valence-electron chi connectivity index (χ1n) is 8.09. The maximum Gasteiger partial charge on any atom is 0.329 e. The molecule has 2 rings (SSSR count). The maximum atomic E-state index is 12.1. The monoisotopic (exact) mass is 296 g/mol. The molecule has 0 aromatic carbocycles. The molecule has 120 valence electrons. The lowest BCUT2D eigenvalue weighted by molar-refractivity contribution is -0.146. The minimum Gasteiger partial charge on any atom is -0.480 e. The molecule has 0 bridgehead atoms. The number of amides is 2. The Kier molecular flexibility index (Phi) is 4.49. The van der Waals surface area contributed by atoms with Gasteiger partial charge in [-0.3, -0.25) is 0 Å². The Morgan fingerprint density at radius 1 is 1.29 bits per heavy atom. The van der Waals surface area contributed by atoms with E-state index in [1.807, 2.05) is 6.92 Å². The third-order valence-electron chi connectivity index (χ3n) is 5.48. The summed E-state index contributed by atoms with van der Waals surface area (Å²) in [6.07, 6.45) is 5.22. The highest BCUT2D eigenvalue weighted by molar-refractivity contribution is 5.86. The zero-order valence-corrected chi connectivity index (χ0v) is 13.4. The van der Waals surface area contributed by atoms with Crippen LogP contribution in [0.25, 0.3) is 0 Å². The number of hydrogen-bond donors (Lipinski definition) is 3. The number of urea groups is 1. The van der Waals surface area contributed by atoms with E-state index >= 15 is 0 Å². The molecule has 0 heterocycles. The van der Waals surface area contributed by atoms with Gasteiger partial charge in [-0.15, -0.1) is 0 Å². The first-order valence-corrected chi connectivity index (χ1v) is 8.09. The molecule has 2 aliphatic carbocycles. The van der Waals surface area contributed by atoms with Crippen LogP contribution in [0.15, 0.2) is 0 Å². The fourth-order valence-electron chi connectivity index (χ4n) is 3.55. The van der Waals surface area contributed by atoms with Gasteiger partial charge in [0.1, 0.15) is 5.54 Å². The molecule has 2 aliphatic rings. The Balaban J connectivity index is 1.91. The van der Waals surface area contributed by atoms with Crippen molar-refractivity contribution in [2.75, 3.05) is 6.54 Å². The molecular formula is C16H28N2O3. The molecule has 2 unspecified atom stereocenters. The number of nitrogens with one attached hydrogen (secondary N) is 2. The Morgan fingerprint density at radius 3 is 2.43 bits per heavy atom. The van der Waals surface area contributed by atoms with Crippen LogP contribution >= 0.6 is 0 Å². The van der Waals surface area contributed by atoms with Gasteiger partial charge < -0.3 is 15.7 Å². The molecule has 21 heavy (non-hydrogen) atoms. The van der Waals surface area contributed by atoms with E-state index in [0.29, 0.717) is 31.2 Å². The van der Waals surface area contributed by atoms with Crippen molar-refractivity contribution in [2.24, 2.45) is 17.3 Å². The number of carbonyl (C=O) groups excluding carboxylic acids is 1. The van der Waals surface area contributed by atoms with Crippen LogP contribution in [0.4, 0.5) is 4.79 Å². The molecule has 0 aromatic heterocycles. The molecule has 5 heteroatoms. The predicted octanol–water partition coefficient (Wildman–Crippen LogP) is 2.76. The first-order chi connectivity index (χ1) is 9.80. The molecule has 0 aliphatic heterocycles. The van der Waals surface area contributed by atoms with Crippen molar-refractivity contribution in [2.45, 2.75) is 64.8 Å². The summed E-state index contributed by atoms with van der Waals surface area (Å²) >= 11 is 0. The van der Waals surface area contributed by atoms with Crippen molar-refractivity contribution in [1.29, 1.82) is 0 Å². The molecule has 0 spiro atoms. The predicted molar refractivity (Wildman–Crippen MR) is 81.0 cm³/mol. The summed E-state index contributed by atoms with van der Waals surface area (Å²) in [6, 6.07) is -0.335. The van der Waals surface area contributed by atoms with Crippen LogP contribution in [0.3, 0.4) is 0 Å². The van der Waals surface area contributed by atoms with Gasteiger partial charge in [0, 0.05) is 6.54 Å². The normalized spacial score (nSPS) is 30.8. The molecule has 2 amide bonds. The highest BCUT2D eigenvalue weighted by Crippen LogP contribution is 2.51. The van der Waals surface area contributed by atoms with Crippen molar-refractivity contribution < 1.29 is 14.7 Å². The molecule has 2 saturated carbocycles. The second kappa shape index (κ2) is 5.85. The third-order valence-corrected chi connectivity index (χ3v) is 5.48. The van der Waals surface area contributed by atoms with Crippen molar-refractivity contribution in [1.82, 2.24) is 10.6 Å². The van der Waals surface area contributed by atoms with E-state index < -0.39 is 11.5 Å². The van der Waals surface area contributed by atoms with E-state index in [4.69, 9.17) is 0 Å². The molecule has 0 radical (unpaired) electrons. The number of aliphatic carboxylic acids is 1. The van der Waals surface area contributed by atoms with Crippen LogP contribution in [-0.2, 0) is 4.79 Å². The topological polar surface area (TPSA) is 78.4 Å². The second-order valence-electron chi connectivity index (χ2n) is 7.41. The molecule has 0 saturated heterocycles. The smallest absolute Gasteiger partial charge is 0.329 e.